The van der Waals surface area contributed by atoms with Crippen molar-refractivity contribution < 1.29 is 9.53 Å². The number of methoxy groups -OCH3 is 1. The lowest BCUT2D eigenvalue weighted by atomic mass is 10.1. The number of carbonyl (C=O) groups excluding carboxylic acids is 1. The number of benzene rings is 2. The van der Waals surface area contributed by atoms with Gasteiger partial charge >= 0.3 is 0 Å². The van der Waals surface area contributed by atoms with Gasteiger partial charge in [-0.3, -0.25) is 4.79 Å². The van der Waals surface area contributed by atoms with E-state index < -0.39 is 0 Å². The zero-order chi connectivity index (χ0) is 19.0. The molecule has 1 aliphatic heterocycles. The Balaban J connectivity index is 1.65. The van der Waals surface area contributed by atoms with E-state index in [1.807, 2.05) is 56.3 Å². The Morgan fingerprint density at radius 3 is 2.63 bits per heavy atom. The summed E-state index contributed by atoms with van der Waals surface area (Å²) >= 11 is 0. The van der Waals surface area contributed by atoms with Crippen LogP contribution >= 0.6 is 0 Å². The van der Waals surface area contributed by atoms with Crippen LogP contribution in [0.4, 0.5) is 11.5 Å². The Morgan fingerprint density at radius 2 is 1.93 bits per heavy atom. The highest BCUT2D eigenvalue weighted by Gasteiger charge is 2.23. The molecule has 0 unspecified atom stereocenters. The van der Waals surface area contributed by atoms with Gasteiger partial charge in [-0.25, -0.2) is 4.98 Å². The maximum absolute atomic E-state index is 12.1. The molecule has 1 aliphatic rings. The van der Waals surface area contributed by atoms with E-state index in [9.17, 15) is 4.79 Å². The van der Waals surface area contributed by atoms with Crippen molar-refractivity contribution >= 4 is 28.3 Å². The van der Waals surface area contributed by atoms with Crippen molar-refractivity contribution in [3.8, 4) is 5.75 Å². The van der Waals surface area contributed by atoms with Crippen LogP contribution in [0.15, 0.2) is 48.5 Å². The van der Waals surface area contributed by atoms with E-state index in [0.29, 0.717) is 5.56 Å². The molecule has 138 valence electrons. The van der Waals surface area contributed by atoms with Gasteiger partial charge in [-0.1, -0.05) is 0 Å². The lowest BCUT2D eigenvalue weighted by molar-refractivity contribution is 0.0943. The van der Waals surface area contributed by atoms with E-state index in [4.69, 9.17) is 9.72 Å². The summed E-state index contributed by atoms with van der Waals surface area (Å²) in [6.07, 6.45) is 0.958. The molecule has 1 N–H and O–H groups in total. The maximum Gasteiger partial charge on any atom is 0.251 e. The average Bonchev–Trinajstić information content (AvgIpc) is 3.08. The van der Waals surface area contributed by atoms with Gasteiger partial charge in [0.1, 0.15) is 11.6 Å². The first kappa shape index (κ1) is 17.3. The number of rotatable bonds is 4. The third-order valence-electron chi connectivity index (χ3n) is 4.80. The number of hydrogen-bond acceptors (Lipinski definition) is 4. The molecular weight excluding hydrogens is 338 g/mol. The number of carbonyl (C=O) groups is 1. The third-order valence-corrected chi connectivity index (χ3v) is 4.80. The summed E-state index contributed by atoms with van der Waals surface area (Å²) in [5.74, 6) is 1.74. The van der Waals surface area contributed by atoms with E-state index >= 15 is 0 Å². The van der Waals surface area contributed by atoms with Crippen molar-refractivity contribution in [1.82, 2.24) is 10.3 Å². The number of nitrogens with zero attached hydrogens (tertiary/aromatic N) is 2. The number of hydrogen-bond donors (Lipinski definition) is 1. The van der Waals surface area contributed by atoms with Crippen LogP contribution in [0, 0.1) is 0 Å². The van der Waals surface area contributed by atoms with E-state index in [2.05, 4.69) is 16.3 Å². The summed E-state index contributed by atoms with van der Waals surface area (Å²) in [5.41, 5.74) is 3.88. The maximum atomic E-state index is 12.1. The van der Waals surface area contributed by atoms with Gasteiger partial charge in [0.2, 0.25) is 0 Å². The van der Waals surface area contributed by atoms with E-state index in [1.54, 1.807) is 7.11 Å². The quantitative estimate of drug-likeness (QED) is 0.761. The number of nitrogens with one attached hydrogen (secondary N) is 1. The van der Waals surface area contributed by atoms with Crippen molar-refractivity contribution in [2.24, 2.45) is 0 Å². The fraction of sp³-hybridized carbons (Fsp3) is 0.273. The molecule has 4 rings (SSSR count). The Labute approximate surface area is 159 Å². The zero-order valence-electron chi connectivity index (χ0n) is 15.8. The predicted molar refractivity (Wildman–Crippen MR) is 108 cm³/mol. The first-order valence-corrected chi connectivity index (χ1v) is 9.21. The number of aromatic nitrogens is 1. The summed E-state index contributed by atoms with van der Waals surface area (Å²) in [7, 11) is 1.66. The van der Waals surface area contributed by atoms with Crippen LogP contribution in [0.5, 0.6) is 5.75 Å². The highest BCUT2D eigenvalue weighted by molar-refractivity contribution is 5.95. The van der Waals surface area contributed by atoms with Gasteiger partial charge in [-0.2, -0.15) is 0 Å². The molecule has 0 saturated carbocycles. The fourth-order valence-corrected chi connectivity index (χ4v) is 3.45. The van der Waals surface area contributed by atoms with Crippen molar-refractivity contribution in [2.75, 3.05) is 18.6 Å². The smallest absolute Gasteiger partial charge is 0.251 e. The molecule has 0 saturated heterocycles. The minimum atomic E-state index is -0.0467. The Morgan fingerprint density at radius 1 is 1.15 bits per heavy atom. The number of ether oxygens (including phenoxy) is 1. The number of pyridine rings is 1. The van der Waals surface area contributed by atoms with E-state index in [0.717, 1.165) is 41.1 Å². The highest BCUT2D eigenvalue weighted by Crippen LogP contribution is 2.35. The van der Waals surface area contributed by atoms with E-state index in [1.165, 1.54) is 5.56 Å². The van der Waals surface area contributed by atoms with Crippen molar-refractivity contribution in [3.05, 3.63) is 59.7 Å². The second-order valence-corrected chi connectivity index (χ2v) is 7.11. The van der Waals surface area contributed by atoms with Crippen LogP contribution in [0.1, 0.15) is 29.8 Å². The topological polar surface area (TPSA) is 54.5 Å². The summed E-state index contributed by atoms with van der Waals surface area (Å²) in [4.78, 5) is 19.2. The molecule has 0 aliphatic carbocycles. The first-order chi connectivity index (χ1) is 13.0. The third kappa shape index (κ3) is 3.33. The summed E-state index contributed by atoms with van der Waals surface area (Å²) in [6.45, 7) is 4.80. The molecular formula is C22H23N3O2. The zero-order valence-corrected chi connectivity index (χ0v) is 15.8. The van der Waals surface area contributed by atoms with Crippen molar-refractivity contribution in [2.45, 2.75) is 26.3 Å². The van der Waals surface area contributed by atoms with Crippen molar-refractivity contribution in [1.29, 1.82) is 0 Å². The predicted octanol–water partition coefficient (Wildman–Crippen LogP) is 4.08. The van der Waals surface area contributed by atoms with Crippen LogP contribution in [-0.2, 0) is 6.42 Å². The monoisotopic (exact) mass is 361 g/mol. The van der Waals surface area contributed by atoms with Gasteiger partial charge in [-0.05, 0) is 68.3 Å². The van der Waals surface area contributed by atoms with Crippen molar-refractivity contribution in [3.63, 3.8) is 0 Å². The second kappa shape index (κ2) is 6.91. The molecule has 0 radical (unpaired) electrons. The van der Waals surface area contributed by atoms with Gasteiger partial charge in [0.15, 0.2) is 0 Å². The SMILES string of the molecule is COc1ccc2cc3c(nc2c1)N(c1ccc(C(=O)NC(C)C)cc1)CC3. The molecule has 0 fully saturated rings. The van der Waals surface area contributed by atoms with Gasteiger partial charge in [-0.15, -0.1) is 0 Å². The number of fused-ring (bicyclic) bond motifs is 2. The van der Waals surface area contributed by atoms with Crippen LogP contribution in [0.2, 0.25) is 0 Å². The van der Waals surface area contributed by atoms with Crippen LogP contribution in [0.25, 0.3) is 10.9 Å². The van der Waals surface area contributed by atoms with Crippen LogP contribution < -0.4 is 15.0 Å². The van der Waals surface area contributed by atoms with Gasteiger partial charge in [0, 0.05) is 35.3 Å². The molecule has 3 aromatic rings. The lowest BCUT2D eigenvalue weighted by Gasteiger charge is -2.19. The molecule has 0 spiro atoms. The molecule has 2 aromatic carbocycles. The molecule has 0 bridgehead atoms. The Hall–Kier alpha value is -3.08. The number of anilines is 2. The normalized spacial score (nSPS) is 13.1. The minimum Gasteiger partial charge on any atom is -0.497 e. The fourth-order valence-electron chi connectivity index (χ4n) is 3.45. The standard InChI is InChI=1S/C22H23N3O2/c1-14(2)23-22(26)15-4-7-18(8-5-15)25-11-10-17-12-16-6-9-19(27-3)13-20(16)24-21(17)25/h4-9,12-14H,10-11H2,1-3H3,(H,23,26). The van der Waals surface area contributed by atoms with Gasteiger partial charge in [0.05, 0.1) is 12.6 Å². The van der Waals surface area contributed by atoms with Crippen LogP contribution in [-0.4, -0.2) is 30.6 Å². The average molecular weight is 361 g/mol. The lowest BCUT2D eigenvalue weighted by Crippen LogP contribution is -2.30. The molecule has 2 heterocycles. The molecule has 1 aromatic heterocycles. The largest absolute Gasteiger partial charge is 0.497 e. The molecule has 5 nitrogen and oxygen atoms in total. The molecule has 1 amide bonds. The van der Waals surface area contributed by atoms with Gasteiger partial charge in [0.25, 0.3) is 5.91 Å². The van der Waals surface area contributed by atoms with Crippen LogP contribution in [0.3, 0.4) is 0 Å². The summed E-state index contributed by atoms with van der Waals surface area (Å²) in [5, 5.41) is 4.04. The number of amides is 1. The molecule has 0 atom stereocenters. The second-order valence-electron chi connectivity index (χ2n) is 7.11. The first-order valence-electron chi connectivity index (χ1n) is 9.21. The minimum absolute atomic E-state index is 0.0467. The summed E-state index contributed by atoms with van der Waals surface area (Å²) < 4.78 is 5.32. The summed E-state index contributed by atoms with van der Waals surface area (Å²) in [6, 6.07) is 16.0. The Bertz CT molecular complexity index is 996. The highest BCUT2D eigenvalue weighted by atomic mass is 16.5. The Kier molecular flexibility index (Phi) is 4.44. The van der Waals surface area contributed by atoms with Gasteiger partial charge < -0.3 is 15.0 Å². The molecule has 27 heavy (non-hydrogen) atoms. The van der Waals surface area contributed by atoms with E-state index in [-0.39, 0.29) is 11.9 Å². The molecule has 5 heteroatoms.